The van der Waals surface area contributed by atoms with Gasteiger partial charge in [-0.05, 0) is 12.1 Å². The van der Waals surface area contributed by atoms with E-state index in [0.29, 0.717) is 10.4 Å². The van der Waals surface area contributed by atoms with E-state index in [0.717, 1.165) is 10.0 Å². The monoisotopic (exact) mass is 298 g/mol. The second kappa shape index (κ2) is 3.78. The van der Waals surface area contributed by atoms with E-state index in [1.807, 2.05) is 6.07 Å². The van der Waals surface area contributed by atoms with Crippen LogP contribution in [0.15, 0.2) is 16.6 Å². The van der Waals surface area contributed by atoms with E-state index in [1.165, 1.54) is 0 Å². The van der Waals surface area contributed by atoms with Crippen LogP contribution < -0.4 is 0 Å². The Balaban J connectivity index is 3.24. The van der Waals surface area contributed by atoms with Gasteiger partial charge in [0.25, 0.3) is 0 Å². The zero-order valence-electron chi connectivity index (χ0n) is 5.44. The molecule has 1 rings (SSSR count). The minimum absolute atomic E-state index is 0.145. The number of halogens is 3. The van der Waals surface area contributed by atoms with Gasteiger partial charge in [-0.2, -0.15) is 0 Å². The second-order valence-electron chi connectivity index (χ2n) is 2.03. The van der Waals surface area contributed by atoms with Gasteiger partial charge in [0, 0.05) is 15.4 Å². The van der Waals surface area contributed by atoms with E-state index >= 15 is 0 Å². The van der Waals surface area contributed by atoms with Crippen molar-refractivity contribution in [2.45, 2.75) is 5.33 Å². The lowest BCUT2D eigenvalue weighted by Gasteiger charge is -2.02. The first-order valence-corrected chi connectivity index (χ1v) is 5.17. The largest absolute Gasteiger partial charge is 0.506 e. The van der Waals surface area contributed by atoms with Gasteiger partial charge in [0.1, 0.15) is 5.75 Å². The first-order chi connectivity index (χ1) is 5.15. The van der Waals surface area contributed by atoms with Crippen molar-refractivity contribution in [3.8, 4) is 5.75 Å². The summed E-state index contributed by atoms with van der Waals surface area (Å²) in [5, 5.41) is 10.3. The van der Waals surface area contributed by atoms with Gasteiger partial charge in [-0.25, -0.2) is 0 Å². The van der Waals surface area contributed by atoms with Crippen molar-refractivity contribution in [3.63, 3.8) is 0 Å². The molecule has 0 aliphatic carbocycles. The number of hydrogen-bond acceptors (Lipinski definition) is 1. The van der Waals surface area contributed by atoms with Gasteiger partial charge in [0.15, 0.2) is 0 Å². The molecule has 0 fully saturated rings. The van der Waals surface area contributed by atoms with Crippen LogP contribution >= 0.6 is 43.5 Å². The zero-order valence-corrected chi connectivity index (χ0v) is 9.37. The molecule has 1 aromatic carbocycles. The highest BCUT2D eigenvalue weighted by Crippen LogP contribution is 2.32. The molecule has 4 heteroatoms. The van der Waals surface area contributed by atoms with Gasteiger partial charge in [-0.1, -0.05) is 43.5 Å². The molecule has 0 spiro atoms. The Bertz CT molecular complexity index is 275. The fourth-order valence-corrected chi connectivity index (χ4v) is 2.02. The van der Waals surface area contributed by atoms with Crippen molar-refractivity contribution in [2.24, 2.45) is 0 Å². The number of hydrogen-bond donors (Lipinski definition) is 1. The molecular weight excluding hydrogens is 295 g/mol. The van der Waals surface area contributed by atoms with Crippen molar-refractivity contribution in [1.29, 1.82) is 0 Å². The summed E-state index contributed by atoms with van der Waals surface area (Å²) < 4.78 is 0.870. The summed E-state index contributed by atoms with van der Waals surface area (Å²) in [5.41, 5.74) is 0.782. The van der Waals surface area contributed by atoms with Crippen molar-refractivity contribution in [1.82, 2.24) is 0 Å². The fraction of sp³-hybridized carbons (Fsp3) is 0.143. The number of rotatable bonds is 1. The Morgan fingerprint density at radius 1 is 1.45 bits per heavy atom. The molecule has 0 aliphatic rings. The molecule has 0 radical (unpaired) electrons. The van der Waals surface area contributed by atoms with Crippen molar-refractivity contribution in [3.05, 3.63) is 27.2 Å². The molecule has 0 aliphatic heterocycles. The molecule has 1 N–H and O–H groups in total. The molecular formula is C7H5Br2ClO. The predicted molar refractivity (Wildman–Crippen MR) is 53.4 cm³/mol. The molecule has 0 amide bonds. The molecule has 0 saturated heterocycles. The summed E-state index contributed by atoms with van der Waals surface area (Å²) in [6, 6.07) is 3.47. The van der Waals surface area contributed by atoms with Crippen LogP contribution in [0.25, 0.3) is 0 Å². The van der Waals surface area contributed by atoms with Crippen LogP contribution in [0.3, 0.4) is 0 Å². The van der Waals surface area contributed by atoms with E-state index in [2.05, 4.69) is 31.9 Å². The third-order valence-electron chi connectivity index (χ3n) is 1.25. The summed E-state index contributed by atoms with van der Waals surface area (Å²) >= 11 is 12.2. The van der Waals surface area contributed by atoms with Gasteiger partial charge >= 0.3 is 0 Å². The SMILES string of the molecule is Oc1c(Cl)cc(Br)cc1CBr. The van der Waals surface area contributed by atoms with Gasteiger partial charge in [0.2, 0.25) is 0 Å². The van der Waals surface area contributed by atoms with Crippen LogP contribution in [0.5, 0.6) is 5.75 Å². The lowest BCUT2D eigenvalue weighted by atomic mass is 10.2. The topological polar surface area (TPSA) is 20.2 Å². The normalized spacial score (nSPS) is 10.1. The maximum absolute atomic E-state index is 9.34. The number of phenolic OH excluding ortho intramolecular Hbond substituents is 1. The minimum Gasteiger partial charge on any atom is -0.506 e. The predicted octanol–water partition coefficient (Wildman–Crippen LogP) is 3.70. The number of aromatic hydroxyl groups is 1. The maximum atomic E-state index is 9.34. The van der Waals surface area contributed by atoms with Crippen LogP contribution in [-0.4, -0.2) is 5.11 Å². The highest BCUT2D eigenvalue weighted by atomic mass is 79.9. The zero-order chi connectivity index (χ0) is 8.43. The average Bonchev–Trinajstić information content (AvgIpc) is 1.96. The van der Waals surface area contributed by atoms with E-state index in [1.54, 1.807) is 6.07 Å². The Morgan fingerprint density at radius 2 is 2.09 bits per heavy atom. The summed E-state index contributed by atoms with van der Waals surface area (Å²) in [5.74, 6) is 0.145. The molecule has 0 saturated carbocycles. The standard InChI is InChI=1S/C7H5Br2ClO/c8-3-4-1-5(9)2-6(10)7(4)11/h1-2,11H,3H2. The molecule has 1 nitrogen and oxygen atoms in total. The summed E-state index contributed by atoms with van der Waals surface area (Å²) in [6.07, 6.45) is 0. The lowest BCUT2D eigenvalue weighted by molar-refractivity contribution is 0.471. The van der Waals surface area contributed by atoms with E-state index in [-0.39, 0.29) is 5.75 Å². The highest BCUT2D eigenvalue weighted by Gasteiger charge is 2.05. The average molecular weight is 300 g/mol. The molecule has 0 aromatic heterocycles. The summed E-state index contributed by atoms with van der Waals surface area (Å²) in [4.78, 5) is 0. The first kappa shape index (κ1) is 9.36. The molecule has 0 heterocycles. The van der Waals surface area contributed by atoms with Gasteiger partial charge in [-0.3, -0.25) is 0 Å². The fourth-order valence-electron chi connectivity index (χ4n) is 0.721. The third-order valence-corrected chi connectivity index (χ3v) is 2.60. The quantitative estimate of drug-likeness (QED) is 0.784. The number of phenols is 1. The van der Waals surface area contributed by atoms with Crippen molar-refractivity contribution in [2.75, 3.05) is 0 Å². The Kier molecular flexibility index (Phi) is 3.22. The maximum Gasteiger partial charge on any atom is 0.138 e. The van der Waals surface area contributed by atoms with Crippen LogP contribution in [0.4, 0.5) is 0 Å². The van der Waals surface area contributed by atoms with Crippen LogP contribution in [0, 0.1) is 0 Å². The van der Waals surface area contributed by atoms with E-state index < -0.39 is 0 Å². The molecule has 0 unspecified atom stereocenters. The van der Waals surface area contributed by atoms with E-state index in [4.69, 9.17) is 11.6 Å². The second-order valence-corrected chi connectivity index (χ2v) is 3.91. The summed E-state index contributed by atoms with van der Waals surface area (Å²) in [6.45, 7) is 0. The lowest BCUT2D eigenvalue weighted by Crippen LogP contribution is -1.80. The molecule has 0 atom stereocenters. The Hall–Kier alpha value is 0.270. The molecule has 60 valence electrons. The Morgan fingerprint density at radius 3 is 2.64 bits per heavy atom. The smallest absolute Gasteiger partial charge is 0.138 e. The Labute approximate surface area is 86.6 Å². The highest BCUT2D eigenvalue weighted by molar-refractivity contribution is 9.10. The minimum atomic E-state index is 0.145. The van der Waals surface area contributed by atoms with Crippen LogP contribution in [-0.2, 0) is 5.33 Å². The van der Waals surface area contributed by atoms with E-state index in [9.17, 15) is 5.11 Å². The summed E-state index contributed by atoms with van der Waals surface area (Å²) in [7, 11) is 0. The first-order valence-electron chi connectivity index (χ1n) is 2.88. The molecule has 1 aromatic rings. The number of alkyl halides is 1. The van der Waals surface area contributed by atoms with Crippen molar-refractivity contribution >= 4 is 43.5 Å². The number of benzene rings is 1. The van der Waals surface area contributed by atoms with Crippen LogP contribution in [0.1, 0.15) is 5.56 Å². The third kappa shape index (κ3) is 2.10. The molecule has 0 bridgehead atoms. The van der Waals surface area contributed by atoms with Gasteiger partial charge < -0.3 is 5.11 Å². The van der Waals surface area contributed by atoms with Gasteiger partial charge in [-0.15, -0.1) is 0 Å². The van der Waals surface area contributed by atoms with Crippen molar-refractivity contribution < 1.29 is 5.11 Å². The van der Waals surface area contributed by atoms with Gasteiger partial charge in [0.05, 0.1) is 5.02 Å². The molecule has 11 heavy (non-hydrogen) atoms. The van der Waals surface area contributed by atoms with Crippen LogP contribution in [0.2, 0.25) is 5.02 Å².